The predicted molar refractivity (Wildman–Crippen MR) is 72.7 cm³/mol. The van der Waals surface area contributed by atoms with Gasteiger partial charge in [0.1, 0.15) is 5.52 Å². The molecule has 4 nitrogen and oxygen atoms in total. The van der Waals surface area contributed by atoms with E-state index >= 15 is 0 Å². The van der Waals surface area contributed by atoms with Crippen LogP contribution in [0.15, 0.2) is 29.1 Å². The Balaban J connectivity index is 1.98. The maximum atomic E-state index is 5.35. The minimum absolute atomic E-state index is 0.516. The van der Waals surface area contributed by atoms with Gasteiger partial charge in [-0.25, -0.2) is 4.98 Å². The van der Waals surface area contributed by atoms with Crippen molar-refractivity contribution in [3.63, 3.8) is 0 Å². The average Bonchev–Trinajstić information content (AvgIpc) is 2.93. The van der Waals surface area contributed by atoms with Gasteiger partial charge in [-0.1, -0.05) is 13.8 Å². The van der Waals surface area contributed by atoms with Crippen molar-refractivity contribution in [1.29, 1.82) is 0 Å². The molecule has 0 aliphatic rings. The van der Waals surface area contributed by atoms with Crippen LogP contribution in [0.3, 0.4) is 0 Å². The summed E-state index contributed by atoms with van der Waals surface area (Å²) >= 11 is 0. The molecule has 1 aromatic carbocycles. The monoisotopic (exact) mass is 243 g/mol. The summed E-state index contributed by atoms with van der Waals surface area (Å²) in [6, 6.07) is 4.52. The van der Waals surface area contributed by atoms with E-state index in [0.717, 1.165) is 29.6 Å². The van der Waals surface area contributed by atoms with Crippen LogP contribution in [0.4, 0.5) is 0 Å². The highest BCUT2D eigenvalue weighted by Gasteiger charge is 2.10. The summed E-state index contributed by atoms with van der Waals surface area (Å²) in [4.78, 5) is 7.61. The molecule has 0 aliphatic heterocycles. The van der Waals surface area contributed by atoms with Crippen molar-refractivity contribution in [3.8, 4) is 0 Å². The molecule has 0 bridgehead atoms. The van der Waals surface area contributed by atoms with Gasteiger partial charge in [-0.15, -0.1) is 0 Å². The molecule has 0 amide bonds. The van der Waals surface area contributed by atoms with E-state index in [2.05, 4.69) is 35.3 Å². The molecule has 94 valence electrons. The number of benzene rings is 1. The van der Waals surface area contributed by atoms with Gasteiger partial charge in [0.25, 0.3) is 0 Å². The molecule has 4 heteroatoms. The van der Waals surface area contributed by atoms with Crippen LogP contribution in [-0.2, 0) is 6.42 Å². The third kappa shape index (κ3) is 1.88. The molecule has 0 spiro atoms. The standard InChI is InChI=1S/C14H17N3O/c1-9(2)15-6-5-10-7-16-11-3-4-12-14(13(10)11)17-8-18-12/h3-4,7-9,15-16H,5-6H2,1-2H3. The Bertz CT molecular complexity index is 666. The number of hydrogen-bond donors (Lipinski definition) is 2. The first-order chi connectivity index (χ1) is 8.75. The van der Waals surface area contributed by atoms with E-state index in [1.807, 2.05) is 12.1 Å². The van der Waals surface area contributed by atoms with Crippen molar-refractivity contribution in [3.05, 3.63) is 30.3 Å². The number of oxazole rings is 1. The third-order valence-corrected chi connectivity index (χ3v) is 3.17. The quantitative estimate of drug-likeness (QED) is 0.740. The van der Waals surface area contributed by atoms with E-state index in [9.17, 15) is 0 Å². The highest BCUT2D eigenvalue weighted by molar-refractivity contribution is 6.04. The molecule has 18 heavy (non-hydrogen) atoms. The summed E-state index contributed by atoms with van der Waals surface area (Å²) in [5.41, 5.74) is 4.21. The molecule has 0 saturated heterocycles. The minimum Gasteiger partial charge on any atom is -0.443 e. The molecule has 2 N–H and O–H groups in total. The SMILES string of the molecule is CC(C)NCCc1c[nH]c2ccc3ocnc3c12. The Hall–Kier alpha value is -1.81. The second-order valence-corrected chi connectivity index (χ2v) is 4.86. The van der Waals surface area contributed by atoms with Gasteiger partial charge >= 0.3 is 0 Å². The fraction of sp³-hybridized carbons (Fsp3) is 0.357. The van der Waals surface area contributed by atoms with Crippen LogP contribution >= 0.6 is 0 Å². The fourth-order valence-electron chi connectivity index (χ4n) is 2.31. The van der Waals surface area contributed by atoms with Gasteiger partial charge in [-0.2, -0.15) is 0 Å². The smallest absolute Gasteiger partial charge is 0.182 e. The summed E-state index contributed by atoms with van der Waals surface area (Å²) in [6.07, 6.45) is 4.57. The molecule has 2 aromatic heterocycles. The molecule has 3 aromatic rings. The van der Waals surface area contributed by atoms with Crippen molar-refractivity contribution in [2.75, 3.05) is 6.54 Å². The van der Waals surface area contributed by atoms with Crippen LogP contribution in [-0.4, -0.2) is 22.6 Å². The molecule has 3 rings (SSSR count). The van der Waals surface area contributed by atoms with Gasteiger partial charge in [0.15, 0.2) is 12.0 Å². The molecule has 0 radical (unpaired) electrons. The topological polar surface area (TPSA) is 53.9 Å². The lowest BCUT2D eigenvalue weighted by Gasteiger charge is -2.06. The number of aromatic nitrogens is 2. The second kappa shape index (κ2) is 4.46. The van der Waals surface area contributed by atoms with Crippen LogP contribution < -0.4 is 5.32 Å². The first kappa shape index (κ1) is 11.3. The van der Waals surface area contributed by atoms with Gasteiger partial charge in [0.2, 0.25) is 0 Å². The van der Waals surface area contributed by atoms with Crippen molar-refractivity contribution < 1.29 is 4.42 Å². The second-order valence-electron chi connectivity index (χ2n) is 4.86. The van der Waals surface area contributed by atoms with E-state index in [1.165, 1.54) is 17.3 Å². The molecule has 2 heterocycles. The highest BCUT2D eigenvalue weighted by Crippen LogP contribution is 2.27. The first-order valence-electron chi connectivity index (χ1n) is 6.31. The Morgan fingerprint density at radius 1 is 1.39 bits per heavy atom. The van der Waals surface area contributed by atoms with Gasteiger partial charge < -0.3 is 14.7 Å². The zero-order valence-corrected chi connectivity index (χ0v) is 10.7. The maximum absolute atomic E-state index is 5.35. The Labute approximate surface area is 105 Å². The van der Waals surface area contributed by atoms with Crippen LogP contribution in [0.5, 0.6) is 0 Å². The van der Waals surface area contributed by atoms with E-state index in [-0.39, 0.29) is 0 Å². The summed E-state index contributed by atoms with van der Waals surface area (Å²) in [5.74, 6) is 0. The van der Waals surface area contributed by atoms with Gasteiger partial charge in [0.05, 0.1) is 0 Å². The zero-order chi connectivity index (χ0) is 12.5. The van der Waals surface area contributed by atoms with Crippen LogP contribution in [0.2, 0.25) is 0 Å². The molecule has 0 atom stereocenters. The van der Waals surface area contributed by atoms with E-state index < -0.39 is 0 Å². The normalized spacial score (nSPS) is 11.9. The van der Waals surface area contributed by atoms with Crippen molar-refractivity contribution in [2.45, 2.75) is 26.3 Å². The van der Waals surface area contributed by atoms with Crippen LogP contribution in [0.1, 0.15) is 19.4 Å². The number of hydrogen-bond acceptors (Lipinski definition) is 3. The van der Waals surface area contributed by atoms with E-state index in [0.29, 0.717) is 6.04 Å². The predicted octanol–water partition coefficient (Wildman–Crippen LogP) is 2.85. The van der Waals surface area contributed by atoms with E-state index in [4.69, 9.17) is 4.42 Å². The van der Waals surface area contributed by atoms with Gasteiger partial charge in [-0.3, -0.25) is 0 Å². The van der Waals surface area contributed by atoms with Crippen LogP contribution in [0.25, 0.3) is 22.0 Å². The maximum Gasteiger partial charge on any atom is 0.182 e. The Morgan fingerprint density at radius 3 is 3.11 bits per heavy atom. The number of H-pyrrole nitrogens is 1. The summed E-state index contributed by atoms with van der Waals surface area (Å²) < 4.78 is 5.35. The van der Waals surface area contributed by atoms with E-state index in [1.54, 1.807) is 0 Å². The summed E-state index contributed by atoms with van der Waals surface area (Å²) in [7, 11) is 0. The molecule has 0 unspecified atom stereocenters. The van der Waals surface area contributed by atoms with Crippen molar-refractivity contribution >= 4 is 22.0 Å². The first-order valence-corrected chi connectivity index (χ1v) is 6.31. The van der Waals surface area contributed by atoms with Crippen molar-refractivity contribution in [1.82, 2.24) is 15.3 Å². The molecule has 0 aliphatic carbocycles. The summed E-state index contributed by atoms with van der Waals surface area (Å²) in [6.45, 7) is 5.29. The molecular weight excluding hydrogens is 226 g/mol. The lowest BCUT2D eigenvalue weighted by Crippen LogP contribution is -2.24. The van der Waals surface area contributed by atoms with Gasteiger partial charge in [0, 0.05) is 23.1 Å². The Morgan fingerprint density at radius 2 is 2.28 bits per heavy atom. The fourth-order valence-corrected chi connectivity index (χ4v) is 2.31. The summed E-state index contributed by atoms with van der Waals surface area (Å²) in [5, 5.41) is 4.62. The van der Waals surface area contributed by atoms with Gasteiger partial charge in [-0.05, 0) is 30.7 Å². The third-order valence-electron chi connectivity index (χ3n) is 3.17. The largest absolute Gasteiger partial charge is 0.443 e. The number of rotatable bonds is 4. The zero-order valence-electron chi connectivity index (χ0n) is 10.7. The minimum atomic E-state index is 0.516. The number of nitrogens with one attached hydrogen (secondary N) is 2. The molecule has 0 fully saturated rings. The number of aromatic amines is 1. The number of fused-ring (bicyclic) bond motifs is 3. The Kier molecular flexibility index (Phi) is 2.80. The lowest BCUT2D eigenvalue weighted by molar-refractivity contribution is 0.591. The van der Waals surface area contributed by atoms with Crippen LogP contribution in [0, 0.1) is 0 Å². The number of nitrogens with zero attached hydrogens (tertiary/aromatic N) is 1. The highest BCUT2D eigenvalue weighted by atomic mass is 16.3. The van der Waals surface area contributed by atoms with Crippen molar-refractivity contribution in [2.24, 2.45) is 0 Å². The lowest BCUT2D eigenvalue weighted by atomic mass is 10.1. The average molecular weight is 243 g/mol. The molecule has 0 saturated carbocycles. The molecular formula is C14H17N3O.